The monoisotopic (exact) mass is 332 g/mol. The molecule has 1 heterocycles. The third-order valence-corrected chi connectivity index (χ3v) is 5.48. The first-order valence-electron chi connectivity index (χ1n) is 9.30. The van der Waals surface area contributed by atoms with E-state index in [-0.39, 0.29) is 24.0 Å². The number of hydrogen-bond acceptors (Lipinski definition) is 3. The average molecular weight is 332 g/mol. The molecule has 1 amide bonds. The van der Waals surface area contributed by atoms with Crippen LogP contribution in [0, 0.1) is 5.41 Å². The Morgan fingerprint density at radius 2 is 1.92 bits per heavy atom. The highest BCUT2D eigenvalue weighted by molar-refractivity contribution is 5.78. The van der Waals surface area contributed by atoms with Gasteiger partial charge in [-0.25, -0.2) is 0 Å². The Kier molecular flexibility index (Phi) is 7.25. The van der Waals surface area contributed by atoms with Gasteiger partial charge in [-0.3, -0.25) is 9.69 Å². The van der Waals surface area contributed by atoms with Gasteiger partial charge in [0, 0.05) is 6.61 Å². The number of rotatable bonds is 8. The molecule has 134 valence electrons. The van der Waals surface area contributed by atoms with E-state index in [2.05, 4.69) is 36.2 Å². The number of hydrogen-bond donors (Lipinski definition) is 2. The van der Waals surface area contributed by atoms with E-state index in [0.717, 1.165) is 45.2 Å². The quantitative estimate of drug-likeness (QED) is 0.769. The van der Waals surface area contributed by atoms with E-state index < -0.39 is 0 Å². The summed E-state index contributed by atoms with van der Waals surface area (Å²) in [5.74, 6) is 0.102. The molecule has 1 saturated heterocycles. The van der Waals surface area contributed by atoms with Crippen molar-refractivity contribution in [2.45, 2.75) is 52.0 Å². The standard InChI is InChI=1S/C20H32N2O2/c1-3-8-18(17-9-6-5-7-10-17)21-19(24)15-22-13-11-20(4-2,16-23)12-14-22/h5-7,9-10,18,23H,3-4,8,11-16H2,1-2H3,(H,21,24). The van der Waals surface area contributed by atoms with Crippen molar-refractivity contribution in [3.8, 4) is 0 Å². The maximum atomic E-state index is 12.5. The normalized spacial score (nSPS) is 19.0. The second-order valence-electron chi connectivity index (χ2n) is 7.11. The first-order chi connectivity index (χ1) is 11.6. The Labute approximate surface area is 146 Å². The van der Waals surface area contributed by atoms with Crippen LogP contribution in [-0.2, 0) is 4.79 Å². The van der Waals surface area contributed by atoms with Gasteiger partial charge >= 0.3 is 0 Å². The van der Waals surface area contributed by atoms with E-state index in [1.54, 1.807) is 0 Å². The van der Waals surface area contributed by atoms with Gasteiger partial charge in [-0.15, -0.1) is 0 Å². The third-order valence-electron chi connectivity index (χ3n) is 5.48. The number of piperidine rings is 1. The highest BCUT2D eigenvalue weighted by Gasteiger charge is 2.32. The fraction of sp³-hybridized carbons (Fsp3) is 0.650. The third kappa shape index (κ3) is 5.05. The summed E-state index contributed by atoms with van der Waals surface area (Å²) in [6, 6.07) is 10.3. The molecular weight excluding hydrogens is 300 g/mol. The lowest BCUT2D eigenvalue weighted by molar-refractivity contribution is -0.123. The van der Waals surface area contributed by atoms with Gasteiger partial charge in [0.05, 0.1) is 12.6 Å². The number of aliphatic hydroxyl groups excluding tert-OH is 1. The highest BCUT2D eigenvalue weighted by Crippen LogP contribution is 2.34. The van der Waals surface area contributed by atoms with Gasteiger partial charge in [0.2, 0.25) is 5.91 Å². The van der Waals surface area contributed by atoms with Crippen molar-refractivity contribution in [1.82, 2.24) is 10.2 Å². The van der Waals surface area contributed by atoms with Crippen molar-refractivity contribution >= 4 is 5.91 Å². The van der Waals surface area contributed by atoms with E-state index in [4.69, 9.17) is 0 Å². The summed E-state index contributed by atoms with van der Waals surface area (Å²) < 4.78 is 0. The predicted molar refractivity (Wildman–Crippen MR) is 97.7 cm³/mol. The first-order valence-corrected chi connectivity index (χ1v) is 9.30. The molecule has 0 aromatic heterocycles. The number of carbonyl (C=O) groups excluding carboxylic acids is 1. The first kappa shape index (κ1) is 18.9. The van der Waals surface area contributed by atoms with Crippen LogP contribution >= 0.6 is 0 Å². The minimum Gasteiger partial charge on any atom is -0.396 e. The fourth-order valence-corrected chi connectivity index (χ4v) is 3.55. The van der Waals surface area contributed by atoms with Crippen molar-refractivity contribution in [1.29, 1.82) is 0 Å². The van der Waals surface area contributed by atoms with Crippen LogP contribution in [0.25, 0.3) is 0 Å². The minimum absolute atomic E-state index is 0.0712. The van der Waals surface area contributed by atoms with E-state index in [0.29, 0.717) is 6.54 Å². The molecule has 1 aromatic carbocycles. The van der Waals surface area contributed by atoms with Crippen molar-refractivity contribution in [2.75, 3.05) is 26.2 Å². The maximum Gasteiger partial charge on any atom is 0.234 e. The highest BCUT2D eigenvalue weighted by atomic mass is 16.3. The molecule has 1 fully saturated rings. The molecule has 0 bridgehead atoms. The molecule has 0 radical (unpaired) electrons. The van der Waals surface area contributed by atoms with Crippen LogP contribution in [0.2, 0.25) is 0 Å². The lowest BCUT2D eigenvalue weighted by atomic mass is 9.77. The molecule has 1 aliphatic heterocycles. The van der Waals surface area contributed by atoms with Gasteiger partial charge in [-0.1, -0.05) is 50.6 Å². The SMILES string of the molecule is CCCC(NC(=O)CN1CCC(CC)(CO)CC1)c1ccccc1. The smallest absolute Gasteiger partial charge is 0.234 e. The van der Waals surface area contributed by atoms with Crippen LogP contribution in [0.5, 0.6) is 0 Å². The number of aliphatic hydroxyl groups is 1. The fourth-order valence-electron chi connectivity index (χ4n) is 3.55. The number of likely N-dealkylation sites (tertiary alicyclic amines) is 1. The molecule has 1 atom stereocenters. The molecule has 0 aliphatic carbocycles. The number of amides is 1. The lowest BCUT2D eigenvalue weighted by Gasteiger charge is -2.40. The van der Waals surface area contributed by atoms with Crippen LogP contribution in [0.4, 0.5) is 0 Å². The molecule has 1 aromatic rings. The van der Waals surface area contributed by atoms with Gasteiger partial charge in [0.15, 0.2) is 0 Å². The second kappa shape index (κ2) is 9.19. The molecule has 4 nitrogen and oxygen atoms in total. The summed E-state index contributed by atoms with van der Waals surface area (Å²) in [4.78, 5) is 14.7. The van der Waals surface area contributed by atoms with Crippen molar-refractivity contribution in [3.63, 3.8) is 0 Å². The Balaban J connectivity index is 1.86. The predicted octanol–water partition coefficient (Wildman–Crippen LogP) is 3.13. The van der Waals surface area contributed by atoms with E-state index in [9.17, 15) is 9.90 Å². The largest absolute Gasteiger partial charge is 0.396 e. The maximum absolute atomic E-state index is 12.5. The zero-order valence-corrected chi connectivity index (χ0v) is 15.1. The minimum atomic E-state index is 0.0712. The Morgan fingerprint density at radius 3 is 2.46 bits per heavy atom. The molecule has 24 heavy (non-hydrogen) atoms. The topological polar surface area (TPSA) is 52.6 Å². The number of carbonyl (C=O) groups is 1. The second-order valence-corrected chi connectivity index (χ2v) is 7.11. The van der Waals surface area contributed by atoms with Gasteiger partial charge in [0.1, 0.15) is 0 Å². The Morgan fingerprint density at radius 1 is 1.25 bits per heavy atom. The zero-order valence-electron chi connectivity index (χ0n) is 15.1. The van der Waals surface area contributed by atoms with Crippen LogP contribution in [0.3, 0.4) is 0 Å². The molecule has 1 aliphatic rings. The average Bonchev–Trinajstić information content (AvgIpc) is 2.63. The summed E-state index contributed by atoms with van der Waals surface area (Å²) in [6.07, 6.45) is 4.96. The molecule has 0 saturated carbocycles. The van der Waals surface area contributed by atoms with E-state index >= 15 is 0 Å². The molecular formula is C20H32N2O2. The van der Waals surface area contributed by atoms with Gasteiger partial charge in [-0.05, 0) is 49.8 Å². The van der Waals surface area contributed by atoms with Crippen LogP contribution in [-0.4, -0.2) is 42.2 Å². The van der Waals surface area contributed by atoms with E-state index in [1.165, 1.54) is 5.56 Å². The van der Waals surface area contributed by atoms with Crippen LogP contribution in [0.15, 0.2) is 30.3 Å². The summed E-state index contributed by atoms with van der Waals surface area (Å²) in [6.45, 7) is 6.80. The number of nitrogens with zero attached hydrogens (tertiary/aromatic N) is 1. The molecule has 4 heteroatoms. The molecule has 1 unspecified atom stereocenters. The van der Waals surface area contributed by atoms with Crippen molar-refractivity contribution in [2.24, 2.45) is 5.41 Å². The van der Waals surface area contributed by atoms with E-state index in [1.807, 2.05) is 18.2 Å². The van der Waals surface area contributed by atoms with Crippen molar-refractivity contribution in [3.05, 3.63) is 35.9 Å². The molecule has 2 N–H and O–H groups in total. The Hall–Kier alpha value is -1.39. The van der Waals surface area contributed by atoms with Crippen LogP contribution < -0.4 is 5.32 Å². The summed E-state index contributed by atoms with van der Waals surface area (Å²) in [5.41, 5.74) is 1.25. The lowest BCUT2D eigenvalue weighted by Crippen LogP contribution is -2.46. The molecule has 0 spiro atoms. The number of nitrogens with one attached hydrogen (secondary N) is 1. The molecule has 2 rings (SSSR count). The zero-order chi connectivity index (χ0) is 17.4. The van der Waals surface area contributed by atoms with Crippen LogP contribution in [0.1, 0.15) is 57.6 Å². The van der Waals surface area contributed by atoms with Gasteiger partial charge in [-0.2, -0.15) is 0 Å². The summed E-state index contributed by atoms with van der Waals surface area (Å²) in [7, 11) is 0. The summed E-state index contributed by atoms with van der Waals surface area (Å²) in [5, 5.41) is 12.8. The number of benzene rings is 1. The van der Waals surface area contributed by atoms with Crippen molar-refractivity contribution < 1.29 is 9.90 Å². The van der Waals surface area contributed by atoms with Gasteiger partial charge < -0.3 is 10.4 Å². The Bertz CT molecular complexity index is 490. The summed E-state index contributed by atoms with van der Waals surface area (Å²) >= 11 is 0. The van der Waals surface area contributed by atoms with Gasteiger partial charge in [0.25, 0.3) is 0 Å².